The molecule has 2 N–H and O–H groups in total. The molecule has 1 amide bonds. The first-order valence-electron chi connectivity index (χ1n) is 9.59. The zero-order chi connectivity index (χ0) is 17.8. The summed E-state index contributed by atoms with van der Waals surface area (Å²) >= 11 is 0. The molecule has 0 bridgehead atoms. The van der Waals surface area contributed by atoms with Crippen molar-refractivity contribution in [2.75, 3.05) is 53.4 Å². The number of hydrogen-bond acceptors (Lipinski definition) is 5. The normalized spacial score (nSPS) is 19.0. The highest BCUT2D eigenvalue weighted by molar-refractivity contribution is 5.78. The fraction of sp³-hybridized carbons (Fsp3) is 0.944. The third-order valence-corrected chi connectivity index (χ3v) is 4.94. The van der Waals surface area contributed by atoms with Crippen molar-refractivity contribution in [3.8, 4) is 0 Å². The van der Waals surface area contributed by atoms with E-state index in [2.05, 4.69) is 11.8 Å². The molecule has 1 aliphatic rings. The van der Waals surface area contributed by atoms with Gasteiger partial charge in [-0.1, -0.05) is 19.8 Å². The lowest BCUT2D eigenvalue weighted by Crippen LogP contribution is -2.48. The van der Waals surface area contributed by atoms with E-state index in [1.165, 1.54) is 19.3 Å². The second-order valence-corrected chi connectivity index (χ2v) is 6.82. The van der Waals surface area contributed by atoms with Gasteiger partial charge in [-0.25, -0.2) is 0 Å². The van der Waals surface area contributed by atoms with E-state index in [1.54, 1.807) is 7.11 Å². The molecule has 0 saturated carbocycles. The number of nitrogens with two attached hydrogens (primary N) is 1. The Balaban J connectivity index is 2.54. The molecule has 0 radical (unpaired) electrons. The molecule has 24 heavy (non-hydrogen) atoms. The zero-order valence-corrected chi connectivity index (χ0v) is 16.0. The minimum Gasteiger partial charge on any atom is -0.342 e. The lowest BCUT2D eigenvalue weighted by atomic mass is 9.99. The van der Waals surface area contributed by atoms with Gasteiger partial charge in [-0.05, 0) is 45.2 Å². The van der Waals surface area contributed by atoms with Crippen molar-refractivity contribution >= 4 is 5.91 Å². The van der Waals surface area contributed by atoms with Gasteiger partial charge in [0.05, 0.1) is 13.7 Å². The summed E-state index contributed by atoms with van der Waals surface area (Å²) in [6, 6.07) is 0.489. The lowest BCUT2D eigenvalue weighted by Gasteiger charge is -2.37. The molecule has 0 aromatic carbocycles. The van der Waals surface area contributed by atoms with Crippen molar-refractivity contribution in [2.45, 2.75) is 57.9 Å². The van der Waals surface area contributed by atoms with Crippen molar-refractivity contribution in [2.24, 2.45) is 5.73 Å². The maximum atomic E-state index is 12.8. The largest absolute Gasteiger partial charge is 0.342 e. The van der Waals surface area contributed by atoms with Gasteiger partial charge in [-0.2, -0.15) is 5.06 Å². The number of hydroxylamine groups is 2. The van der Waals surface area contributed by atoms with Crippen molar-refractivity contribution < 1.29 is 9.63 Å². The van der Waals surface area contributed by atoms with Gasteiger partial charge in [0.1, 0.15) is 0 Å². The number of amides is 1. The van der Waals surface area contributed by atoms with E-state index in [0.29, 0.717) is 19.1 Å². The number of nitrogens with zero attached hydrogens (tertiary/aromatic N) is 3. The Kier molecular flexibility index (Phi) is 11.2. The van der Waals surface area contributed by atoms with Crippen LogP contribution >= 0.6 is 0 Å². The molecule has 1 fully saturated rings. The molecule has 0 aromatic rings. The Morgan fingerprint density at radius 1 is 1.25 bits per heavy atom. The predicted octanol–water partition coefficient (Wildman–Crippen LogP) is 1.70. The number of likely N-dealkylation sites (tertiary alicyclic amines) is 1. The van der Waals surface area contributed by atoms with Crippen molar-refractivity contribution in [3.05, 3.63) is 0 Å². The molecular formula is C18H38N4O2. The van der Waals surface area contributed by atoms with Gasteiger partial charge in [0, 0.05) is 32.7 Å². The molecule has 1 saturated heterocycles. The average molecular weight is 343 g/mol. The van der Waals surface area contributed by atoms with Gasteiger partial charge in [0.2, 0.25) is 5.91 Å². The van der Waals surface area contributed by atoms with Crippen LogP contribution < -0.4 is 5.73 Å². The maximum Gasteiger partial charge on any atom is 0.236 e. The molecule has 6 heteroatoms. The summed E-state index contributed by atoms with van der Waals surface area (Å²) in [6.07, 6.45) is 7.76. The van der Waals surface area contributed by atoms with Crippen LogP contribution in [0.15, 0.2) is 0 Å². The maximum absolute atomic E-state index is 12.8. The van der Waals surface area contributed by atoms with Crippen molar-refractivity contribution in [1.82, 2.24) is 14.9 Å². The standard InChI is InChI=1S/C18H38N4O2/c1-4-5-12-21(14-8-11-19)18(23)16-22-13-7-6-9-17(22)10-15-20(2)24-3/h17H,4-16,19H2,1-3H3/t17-/m1/s1. The summed E-state index contributed by atoms with van der Waals surface area (Å²) in [5, 5.41) is 1.86. The third-order valence-electron chi connectivity index (χ3n) is 4.94. The molecule has 1 atom stereocenters. The van der Waals surface area contributed by atoms with Crippen LogP contribution in [0.3, 0.4) is 0 Å². The highest BCUT2D eigenvalue weighted by Crippen LogP contribution is 2.20. The molecule has 0 aliphatic carbocycles. The van der Waals surface area contributed by atoms with E-state index in [0.717, 1.165) is 51.9 Å². The van der Waals surface area contributed by atoms with Crippen molar-refractivity contribution in [3.63, 3.8) is 0 Å². The number of piperidine rings is 1. The molecule has 0 unspecified atom stereocenters. The first-order chi connectivity index (χ1) is 11.6. The van der Waals surface area contributed by atoms with E-state index in [-0.39, 0.29) is 5.91 Å². The van der Waals surface area contributed by atoms with Gasteiger partial charge < -0.3 is 15.5 Å². The fourth-order valence-electron chi connectivity index (χ4n) is 3.28. The van der Waals surface area contributed by atoms with Gasteiger partial charge in [-0.3, -0.25) is 9.69 Å². The van der Waals surface area contributed by atoms with Crippen LogP contribution in [0.25, 0.3) is 0 Å². The average Bonchev–Trinajstić information content (AvgIpc) is 2.60. The van der Waals surface area contributed by atoms with E-state index in [9.17, 15) is 4.79 Å². The summed E-state index contributed by atoms with van der Waals surface area (Å²) in [6.45, 7) is 6.95. The Morgan fingerprint density at radius 3 is 2.67 bits per heavy atom. The first-order valence-corrected chi connectivity index (χ1v) is 9.59. The molecule has 6 nitrogen and oxygen atoms in total. The Hall–Kier alpha value is -0.690. The SMILES string of the molecule is CCCCN(CCCN)C(=O)CN1CCCC[C@@H]1CCN(C)OC. The second kappa shape index (κ2) is 12.6. The molecule has 1 rings (SSSR count). The van der Waals surface area contributed by atoms with Gasteiger partial charge >= 0.3 is 0 Å². The Morgan fingerprint density at radius 2 is 2.00 bits per heavy atom. The molecule has 142 valence electrons. The summed E-state index contributed by atoms with van der Waals surface area (Å²) in [7, 11) is 3.66. The molecule has 0 aromatic heterocycles. The van der Waals surface area contributed by atoms with Crippen LogP contribution in [-0.2, 0) is 9.63 Å². The van der Waals surface area contributed by atoms with E-state index >= 15 is 0 Å². The topological polar surface area (TPSA) is 62.0 Å². The van der Waals surface area contributed by atoms with Gasteiger partial charge in [-0.15, -0.1) is 0 Å². The smallest absolute Gasteiger partial charge is 0.236 e. The minimum absolute atomic E-state index is 0.267. The number of hydrogen-bond donors (Lipinski definition) is 1. The number of carbonyl (C=O) groups excluding carboxylic acids is 1. The lowest BCUT2D eigenvalue weighted by molar-refractivity contribution is -0.134. The Bertz CT molecular complexity index is 333. The van der Waals surface area contributed by atoms with Crippen LogP contribution in [-0.4, -0.2) is 80.2 Å². The highest BCUT2D eigenvalue weighted by atomic mass is 16.7. The summed E-state index contributed by atoms with van der Waals surface area (Å²) in [4.78, 5) is 22.4. The molecular weight excluding hydrogens is 304 g/mol. The van der Waals surface area contributed by atoms with Crippen LogP contribution in [0.1, 0.15) is 51.9 Å². The molecule has 1 heterocycles. The van der Waals surface area contributed by atoms with Crippen molar-refractivity contribution in [1.29, 1.82) is 0 Å². The second-order valence-electron chi connectivity index (χ2n) is 6.82. The van der Waals surface area contributed by atoms with E-state index in [4.69, 9.17) is 10.6 Å². The quantitative estimate of drug-likeness (QED) is 0.547. The van der Waals surface area contributed by atoms with E-state index in [1.807, 2.05) is 17.0 Å². The van der Waals surface area contributed by atoms with Crippen LogP contribution in [0.5, 0.6) is 0 Å². The van der Waals surface area contributed by atoms with Crippen LogP contribution in [0.2, 0.25) is 0 Å². The number of carbonyl (C=O) groups is 1. The monoisotopic (exact) mass is 342 g/mol. The van der Waals surface area contributed by atoms with E-state index < -0.39 is 0 Å². The Labute approximate surface area is 148 Å². The predicted molar refractivity (Wildman–Crippen MR) is 98.6 cm³/mol. The van der Waals surface area contributed by atoms with Crippen LogP contribution in [0.4, 0.5) is 0 Å². The van der Waals surface area contributed by atoms with Crippen LogP contribution in [0, 0.1) is 0 Å². The molecule has 1 aliphatic heterocycles. The molecule has 0 spiro atoms. The van der Waals surface area contributed by atoms with Gasteiger partial charge in [0.15, 0.2) is 0 Å². The summed E-state index contributed by atoms with van der Waals surface area (Å²) in [5.41, 5.74) is 5.63. The van der Waals surface area contributed by atoms with Gasteiger partial charge in [0.25, 0.3) is 0 Å². The third kappa shape index (κ3) is 7.92. The highest BCUT2D eigenvalue weighted by Gasteiger charge is 2.26. The fourth-order valence-corrected chi connectivity index (χ4v) is 3.28. The summed E-state index contributed by atoms with van der Waals surface area (Å²) in [5.74, 6) is 0.267. The number of rotatable bonds is 12. The number of unbranched alkanes of at least 4 members (excludes halogenated alkanes) is 1. The zero-order valence-electron chi connectivity index (χ0n) is 16.0. The minimum atomic E-state index is 0.267. The first kappa shape index (κ1) is 21.4. The summed E-state index contributed by atoms with van der Waals surface area (Å²) < 4.78 is 0.